The van der Waals surface area contributed by atoms with Crippen LogP contribution < -0.4 is 9.64 Å². The molecular weight excluding hydrogens is 326 g/mol. The van der Waals surface area contributed by atoms with Crippen molar-refractivity contribution in [2.75, 3.05) is 45.0 Å². The molecule has 7 heteroatoms. The number of ether oxygens (including phenoxy) is 5. The number of methoxy groups -OCH3 is 1. The number of hydrogen-bond donors (Lipinski definition) is 0. The van der Waals surface area contributed by atoms with Gasteiger partial charge < -0.3 is 23.7 Å². The summed E-state index contributed by atoms with van der Waals surface area (Å²) in [7, 11) is 1.59. The van der Waals surface area contributed by atoms with Crippen molar-refractivity contribution in [1.82, 2.24) is 0 Å². The highest BCUT2D eigenvalue weighted by Crippen LogP contribution is 2.26. The lowest BCUT2D eigenvalue weighted by atomic mass is 10.2. The molecule has 2 fully saturated rings. The molecular formula is C18H25NO6. The number of carbonyl (C=O) groups is 1. The third-order valence-electron chi connectivity index (χ3n) is 4.30. The van der Waals surface area contributed by atoms with E-state index in [9.17, 15) is 4.79 Å². The van der Waals surface area contributed by atoms with Crippen LogP contribution in [0, 0.1) is 0 Å². The summed E-state index contributed by atoms with van der Waals surface area (Å²) in [5.41, 5.74) is 0.780. The lowest BCUT2D eigenvalue weighted by Gasteiger charge is -2.33. The van der Waals surface area contributed by atoms with E-state index in [0.717, 1.165) is 31.1 Å². The molecule has 0 aromatic heterocycles. The molecule has 2 heterocycles. The fourth-order valence-electron chi connectivity index (χ4n) is 2.90. The summed E-state index contributed by atoms with van der Waals surface area (Å²) in [4.78, 5) is 13.5. The van der Waals surface area contributed by atoms with Crippen LogP contribution in [0.3, 0.4) is 0 Å². The summed E-state index contributed by atoms with van der Waals surface area (Å²) in [5.74, 6) is 0.178. The maximum atomic E-state index is 11.9. The number of carbonyl (C=O) groups excluding carboxylic acids is 1. The number of anilines is 1. The Balaban J connectivity index is 1.50. The lowest BCUT2D eigenvalue weighted by molar-refractivity contribution is -0.260. The molecule has 0 saturated carbocycles. The molecule has 2 saturated heterocycles. The second kappa shape index (κ2) is 8.03. The highest BCUT2D eigenvalue weighted by molar-refractivity contribution is 5.89. The van der Waals surface area contributed by atoms with Crippen molar-refractivity contribution in [2.45, 2.75) is 31.7 Å². The number of cyclic esters (lactones) is 1. The van der Waals surface area contributed by atoms with Crippen LogP contribution in [0.1, 0.15) is 19.8 Å². The Labute approximate surface area is 147 Å². The van der Waals surface area contributed by atoms with E-state index in [1.807, 2.05) is 31.2 Å². The first-order valence-corrected chi connectivity index (χ1v) is 8.57. The van der Waals surface area contributed by atoms with E-state index in [-0.39, 0.29) is 12.2 Å². The van der Waals surface area contributed by atoms with E-state index in [4.69, 9.17) is 23.7 Å². The van der Waals surface area contributed by atoms with Gasteiger partial charge in [-0.1, -0.05) is 0 Å². The van der Waals surface area contributed by atoms with Crippen LogP contribution in [0.15, 0.2) is 24.3 Å². The van der Waals surface area contributed by atoms with Gasteiger partial charge in [-0.15, -0.1) is 0 Å². The van der Waals surface area contributed by atoms with Gasteiger partial charge in [0.2, 0.25) is 0 Å². The first-order chi connectivity index (χ1) is 12.1. The fraction of sp³-hybridized carbons (Fsp3) is 0.611. The molecule has 25 heavy (non-hydrogen) atoms. The Morgan fingerprint density at radius 2 is 1.96 bits per heavy atom. The molecule has 0 radical (unpaired) electrons. The Hall–Kier alpha value is -1.83. The third kappa shape index (κ3) is 4.62. The summed E-state index contributed by atoms with van der Waals surface area (Å²) in [6.45, 7) is 4.76. The predicted octanol–water partition coefficient (Wildman–Crippen LogP) is 2.58. The van der Waals surface area contributed by atoms with Crippen molar-refractivity contribution in [3.63, 3.8) is 0 Å². The average molecular weight is 351 g/mol. The Bertz CT molecular complexity index is 569. The Kier molecular flexibility index (Phi) is 5.78. The topological polar surface area (TPSA) is 66.5 Å². The summed E-state index contributed by atoms with van der Waals surface area (Å²) in [5, 5.41) is 0. The van der Waals surface area contributed by atoms with Crippen LogP contribution in [-0.4, -0.2) is 58.1 Å². The van der Waals surface area contributed by atoms with E-state index >= 15 is 0 Å². The fourth-order valence-corrected chi connectivity index (χ4v) is 2.90. The van der Waals surface area contributed by atoms with Crippen LogP contribution in [0.25, 0.3) is 0 Å². The monoisotopic (exact) mass is 351 g/mol. The summed E-state index contributed by atoms with van der Waals surface area (Å²) in [6.07, 6.45) is 1.01. The molecule has 3 rings (SSSR count). The van der Waals surface area contributed by atoms with Crippen LogP contribution in [0.2, 0.25) is 0 Å². The van der Waals surface area contributed by atoms with Crippen LogP contribution in [-0.2, 0) is 18.9 Å². The summed E-state index contributed by atoms with van der Waals surface area (Å²) < 4.78 is 27.4. The number of rotatable bonds is 7. The van der Waals surface area contributed by atoms with E-state index in [2.05, 4.69) is 0 Å². The van der Waals surface area contributed by atoms with E-state index in [1.54, 1.807) is 12.0 Å². The largest absolute Gasteiger partial charge is 0.493 e. The van der Waals surface area contributed by atoms with Gasteiger partial charge in [-0.2, -0.15) is 0 Å². The summed E-state index contributed by atoms with van der Waals surface area (Å²) >= 11 is 0. The van der Waals surface area contributed by atoms with Crippen molar-refractivity contribution in [3.05, 3.63) is 24.3 Å². The number of nitrogens with zero attached hydrogens (tertiary/aromatic N) is 1. The highest BCUT2D eigenvalue weighted by Gasteiger charge is 2.32. The van der Waals surface area contributed by atoms with Crippen molar-refractivity contribution in [1.29, 1.82) is 0 Å². The minimum Gasteiger partial charge on any atom is -0.493 e. The van der Waals surface area contributed by atoms with Gasteiger partial charge in [0.15, 0.2) is 5.79 Å². The molecule has 1 aromatic carbocycles. The minimum absolute atomic E-state index is 0.232. The smallest absolute Gasteiger partial charge is 0.414 e. The first kappa shape index (κ1) is 18.0. The van der Waals surface area contributed by atoms with Crippen LogP contribution in [0.4, 0.5) is 10.5 Å². The Morgan fingerprint density at radius 1 is 1.24 bits per heavy atom. The lowest BCUT2D eigenvalue weighted by Crippen LogP contribution is -2.38. The second-order valence-corrected chi connectivity index (χ2v) is 6.35. The molecule has 7 nitrogen and oxygen atoms in total. The maximum Gasteiger partial charge on any atom is 0.414 e. The van der Waals surface area contributed by atoms with Gasteiger partial charge in [-0.3, -0.25) is 4.90 Å². The predicted molar refractivity (Wildman–Crippen MR) is 91.0 cm³/mol. The zero-order valence-corrected chi connectivity index (χ0v) is 14.7. The molecule has 138 valence electrons. The quantitative estimate of drug-likeness (QED) is 0.752. The maximum absolute atomic E-state index is 11.9. The number of hydrogen-bond acceptors (Lipinski definition) is 6. The molecule has 2 aliphatic heterocycles. The van der Waals surface area contributed by atoms with Gasteiger partial charge in [0.25, 0.3) is 0 Å². The third-order valence-corrected chi connectivity index (χ3v) is 4.30. The normalized spacial score (nSPS) is 22.7. The van der Waals surface area contributed by atoms with Gasteiger partial charge in [0.05, 0.1) is 33.0 Å². The molecule has 2 aliphatic rings. The zero-order valence-electron chi connectivity index (χ0n) is 14.7. The van der Waals surface area contributed by atoms with Gasteiger partial charge in [0, 0.05) is 19.2 Å². The van der Waals surface area contributed by atoms with Crippen molar-refractivity contribution < 1.29 is 28.5 Å². The van der Waals surface area contributed by atoms with E-state index in [1.165, 1.54) is 0 Å². The first-order valence-electron chi connectivity index (χ1n) is 8.57. The number of amides is 1. The second-order valence-electron chi connectivity index (χ2n) is 6.35. The van der Waals surface area contributed by atoms with Gasteiger partial charge in [0.1, 0.15) is 11.9 Å². The highest BCUT2D eigenvalue weighted by atomic mass is 16.7. The summed E-state index contributed by atoms with van der Waals surface area (Å²) in [6, 6.07) is 7.39. The molecule has 0 spiro atoms. The molecule has 0 bridgehead atoms. The van der Waals surface area contributed by atoms with Crippen LogP contribution in [0.5, 0.6) is 5.75 Å². The van der Waals surface area contributed by atoms with Crippen molar-refractivity contribution in [2.24, 2.45) is 0 Å². The standard InChI is InChI=1S/C18H25NO6/c1-18(23-9-3-10-24-18)8-11-22-15-6-4-14(5-7-15)19-12-16(13-21-2)25-17(19)20/h4-7,16H,3,8-13H2,1-2H3. The Morgan fingerprint density at radius 3 is 2.64 bits per heavy atom. The van der Waals surface area contributed by atoms with E-state index < -0.39 is 5.79 Å². The molecule has 1 amide bonds. The van der Waals surface area contributed by atoms with Gasteiger partial charge in [-0.25, -0.2) is 4.79 Å². The van der Waals surface area contributed by atoms with Crippen molar-refractivity contribution >= 4 is 11.8 Å². The van der Waals surface area contributed by atoms with Gasteiger partial charge in [-0.05, 0) is 37.6 Å². The molecule has 0 N–H and O–H groups in total. The molecule has 1 aromatic rings. The van der Waals surface area contributed by atoms with Gasteiger partial charge >= 0.3 is 6.09 Å². The molecule has 0 aliphatic carbocycles. The average Bonchev–Trinajstić information content (AvgIpc) is 2.97. The van der Waals surface area contributed by atoms with Crippen molar-refractivity contribution in [3.8, 4) is 5.75 Å². The number of benzene rings is 1. The zero-order chi connectivity index (χ0) is 17.7. The SMILES string of the molecule is COCC1CN(c2ccc(OCCC3(C)OCCCO3)cc2)C(=O)O1. The molecule has 1 atom stereocenters. The molecule has 1 unspecified atom stereocenters. The minimum atomic E-state index is -0.562. The van der Waals surface area contributed by atoms with Crippen LogP contribution >= 0.6 is 0 Å². The van der Waals surface area contributed by atoms with E-state index in [0.29, 0.717) is 26.2 Å².